The summed E-state index contributed by atoms with van der Waals surface area (Å²) in [7, 11) is 1.64. The second-order valence-electron chi connectivity index (χ2n) is 4.71. The first-order chi connectivity index (χ1) is 8.70. The fourth-order valence-corrected chi connectivity index (χ4v) is 2.49. The van der Waals surface area contributed by atoms with Gasteiger partial charge >= 0.3 is 5.97 Å². The first-order valence-corrected chi connectivity index (χ1v) is 6.30. The third-order valence-corrected chi connectivity index (χ3v) is 3.56. The van der Waals surface area contributed by atoms with E-state index in [1.54, 1.807) is 7.11 Å². The van der Waals surface area contributed by atoms with Crippen molar-refractivity contribution in [2.75, 3.05) is 7.11 Å². The van der Waals surface area contributed by atoms with Crippen molar-refractivity contribution in [3.63, 3.8) is 0 Å². The number of carboxylic acids is 1. The first kappa shape index (κ1) is 12.9. The highest BCUT2D eigenvalue weighted by Crippen LogP contribution is 2.26. The van der Waals surface area contributed by atoms with Gasteiger partial charge in [0.2, 0.25) is 0 Å². The van der Waals surface area contributed by atoms with Gasteiger partial charge in [0.05, 0.1) is 13.0 Å². The molecule has 1 saturated carbocycles. The molecule has 0 radical (unpaired) electrons. The highest BCUT2D eigenvalue weighted by molar-refractivity contribution is 5.71. The number of methoxy groups -OCH3 is 1. The second-order valence-corrected chi connectivity index (χ2v) is 4.71. The van der Waals surface area contributed by atoms with Crippen LogP contribution in [0.25, 0.3) is 0 Å². The molecule has 4 heteroatoms. The number of carboxylic acid groups (broad SMARTS) is 1. The lowest BCUT2D eigenvalue weighted by atomic mass is 10.0. The van der Waals surface area contributed by atoms with Crippen molar-refractivity contribution in [1.29, 1.82) is 0 Å². The monoisotopic (exact) mass is 249 g/mol. The van der Waals surface area contributed by atoms with Gasteiger partial charge < -0.3 is 15.2 Å². The molecule has 0 amide bonds. The maximum Gasteiger partial charge on any atom is 0.308 e. The molecule has 2 rings (SSSR count). The third-order valence-electron chi connectivity index (χ3n) is 3.56. The van der Waals surface area contributed by atoms with Crippen molar-refractivity contribution >= 4 is 5.97 Å². The molecule has 0 bridgehead atoms. The zero-order valence-electron chi connectivity index (χ0n) is 10.6. The van der Waals surface area contributed by atoms with Crippen molar-refractivity contribution < 1.29 is 14.6 Å². The SMILES string of the molecule is COc1ccc(CN[C@H]2CCC[C@H]2C(=O)O)cc1. The summed E-state index contributed by atoms with van der Waals surface area (Å²) in [5.41, 5.74) is 1.15. The van der Waals surface area contributed by atoms with Crippen LogP contribution < -0.4 is 10.1 Å². The van der Waals surface area contributed by atoms with Crippen molar-refractivity contribution in [3.05, 3.63) is 29.8 Å². The Morgan fingerprint density at radius 1 is 1.39 bits per heavy atom. The summed E-state index contributed by atoms with van der Waals surface area (Å²) in [5.74, 6) is -0.0778. The number of rotatable bonds is 5. The van der Waals surface area contributed by atoms with Crippen LogP contribution >= 0.6 is 0 Å². The van der Waals surface area contributed by atoms with Crippen LogP contribution in [0.2, 0.25) is 0 Å². The molecule has 2 atom stereocenters. The molecule has 0 heterocycles. The topological polar surface area (TPSA) is 58.6 Å². The van der Waals surface area contributed by atoms with E-state index >= 15 is 0 Å². The van der Waals surface area contributed by atoms with E-state index in [0.717, 1.165) is 30.6 Å². The highest BCUT2D eigenvalue weighted by Gasteiger charge is 2.32. The molecule has 0 aromatic heterocycles. The molecule has 0 saturated heterocycles. The smallest absolute Gasteiger partial charge is 0.308 e. The average Bonchev–Trinajstić information content (AvgIpc) is 2.85. The van der Waals surface area contributed by atoms with Crippen molar-refractivity contribution in [3.8, 4) is 5.75 Å². The molecule has 2 N–H and O–H groups in total. The normalized spacial score (nSPS) is 22.9. The Hall–Kier alpha value is -1.55. The molecule has 98 valence electrons. The first-order valence-electron chi connectivity index (χ1n) is 6.30. The summed E-state index contributed by atoms with van der Waals surface area (Å²) >= 11 is 0. The van der Waals surface area contributed by atoms with Crippen LogP contribution in [-0.4, -0.2) is 24.2 Å². The van der Waals surface area contributed by atoms with Gasteiger partial charge in [-0.1, -0.05) is 18.6 Å². The standard InChI is InChI=1S/C14H19NO3/c1-18-11-7-5-10(6-8-11)9-15-13-4-2-3-12(13)14(16)17/h5-8,12-13,15H,2-4,9H2,1H3,(H,16,17)/t12-,13+/m1/s1. The van der Waals surface area contributed by atoms with E-state index in [1.807, 2.05) is 24.3 Å². The lowest BCUT2D eigenvalue weighted by molar-refractivity contribution is -0.142. The number of nitrogens with one attached hydrogen (secondary N) is 1. The molecule has 0 unspecified atom stereocenters. The Labute approximate surface area is 107 Å². The summed E-state index contributed by atoms with van der Waals surface area (Å²) in [4.78, 5) is 11.1. The van der Waals surface area contributed by atoms with Gasteiger partial charge in [-0.05, 0) is 30.5 Å². The van der Waals surface area contributed by atoms with Crippen LogP contribution in [0.15, 0.2) is 24.3 Å². The molecule has 1 aliphatic rings. The summed E-state index contributed by atoms with van der Waals surface area (Å²) in [6.45, 7) is 0.707. The predicted molar refractivity (Wildman–Crippen MR) is 68.6 cm³/mol. The fraction of sp³-hybridized carbons (Fsp3) is 0.500. The number of ether oxygens (including phenoxy) is 1. The van der Waals surface area contributed by atoms with Crippen LogP contribution in [0.5, 0.6) is 5.75 Å². The van der Waals surface area contributed by atoms with Crippen LogP contribution in [0.4, 0.5) is 0 Å². The van der Waals surface area contributed by atoms with Gasteiger partial charge in [-0.2, -0.15) is 0 Å². The lowest BCUT2D eigenvalue weighted by Crippen LogP contribution is -2.35. The number of carbonyl (C=O) groups is 1. The Morgan fingerprint density at radius 3 is 2.72 bits per heavy atom. The molecule has 1 aromatic carbocycles. The third kappa shape index (κ3) is 3.01. The molecule has 4 nitrogen and oxygen atoms in total. The summed E-state index contributed by atoms with van der Waals surface area (Å²) in [6.07, 6.45) is 2.74. The van der Waals surface area contributed by atoms with Crippen LogP contribution in [0, 0.1) is 5.92 Å². The number of aliphatic carboxylic acids is 1. The molecule has 18 heavy (non-hydrogen) atoms. The number of hydrogen-bond donors (Lipinski definition) is 2. The molecule has 1 aromatic rings. The Morgan fingerprint density at radius 2 is 2.11 bits per heavy atom. The van der Waals surface area contributed by atoms with E-state index in [4.69, 9.17) is 9.84 Å². The van der Waals surface area contributed by atoms with Crippen molar-refractivity contribution in [1.82, 2.24) is 5.32 Å². The van der Waals surface area contributed by atoms with Crippen LogP contribution in [0.3, 0.4) is 0 Å². The number of hydrogen-bond acceptors (Lipinski definition) is 3. The fourth-order valence-electron chi connectivity index (χ4n) is 2.49. The minimum Gasteiger partial charge on any atom is -0.497 e. The summed E-state index contributed by atoms with van der Waals surface area (Å²) in [5, 5.41) is 12.4. The number of benzene rings is 1. The van der Waals surface area contributed by atoms with Gasteiger partial charge in [0.15, 0.2) is 0 Å². The van der Waals surface area contributed by atoms with Crippen LogP contribution in [0.1, 0.15) is 24.8 Å². The van der Waals surface area contributed by atoms with E-state index in [9.17, 15) is 4.79 Å². The van der Waals surface area contributed by atoms with E-state index < -0.39 is 5.97 Å². The van der Waals surface area contributed by atoms with E-state index in [0.29, 0.717) is 6.54 Å². The Balaban J connectivity index is 1.88. The maximum atomic E-state index is 11.1. The summed E-state index contributed by atoms with van der Waals surface area (Å²) < 4.78 is 5.10. The van der Waals surface area contributed by atoms with Gasteiger partial charge in [-0.25, -0.2) is 0 Å². The van der Waals surface area contributed by atoms with E-state index in [1.165, 1.54) is 0 Å². The average molecular weight is 249 g/mol. The maximum absolute atomic E-state index is 11.1. The second kappa shape index (κ2) is 5.87. The zero-order chi connectivity index (χ0) is 13.0. The Bertz CT molecular complexity index is 402. The van der Waals surface area contributed by atoms with Gasteiger partial charge in [-0.15, -0.1) is 0 Å². The van der Waals surface area contributed by atoms with Gasteiger partial charge in [0.25, 0.3) is 0 Å². The van der Waals surface area contributed by atoms with E-state index in [-0.39, 0.29) is 12.0 Å². The highest BCUT2D eigenvalue weighted by atomic mass is 16.5. The molecule has 1 aliphatic carbocycles. The van der Waals surface area contributed by atoms with E-state index in [2.05, 4.69) is 5.32 Å². The zero-order valence-corrected chi connectivity index (χ0v) is 10.6. The summed E-state index contributed by atoms with van der Waals surface area (Å²) in [6, 6.07) is 7.93. The molecule has 0 aliphatic heterocycles. The largest absolute Gasteiger partial charge is 0.497 e. The molecular weight excluding hydrogens is 230 g/mol. The molecule has 0 spiro atoms. The quantitative estimate of drug-likeness (QED) is 0.838. The van der Waals surface area contributed by atoms with Gasteiger partial charge in [0.1, 0.15) is 5.75 Å². The predicted octanol–water partition coefficient (Wildman–Crippen LogP) is 2.04. The van der Waals surface area contributed by atoms with Crippen molar-refractivity contribution in [2.24, 2.45) is 5.92 Å². The minimum atomic E-state index is -0.681. The minimum absolute atomic E-state index is 0.101. The molecular formula is C14H19NO3. The van der Waals surface area contributed by atoms with Gasteiger partial charge in [0, 0.05) is 12.6 Å². The molecule has 1 fully saturated rings. The Kier molecular flexibility index (Phi) is 4.20. The van der Waals surface area contributed by atoms with Crippen molar-refractivity contribution in [2.45, 2.75) is 31.8 Å². The lowest BCUT2D eigenvalue weighted by Gasteiger charge is -2.17. The van der Waals surface area contributed by atoms with Crippen LogP contribution in [-0.2, 0) is 11.3 Å². The van der Waals surface area contributed by atoms with Gasteiger partial charge in [-0.3, -0.25) is 4.79 Å².